The summed E-state index contributed by atoms with van der Waals surface area (Å²) in [4.78, 5) is 73.5. The largest absolute Gasteiger partial charge is 0.483 e. The van der Waals surface area contributed by atoms with Crippen LogP contribution in [0.15, 0.2) is 18.2 Å². The minimum atomic E-state index is -1.12. The highest BCUT2D eigenvalue weighted by Gasteiger charge is 2.46. The highest BCUT2D eigenvalue weighted by molar-refractivity contribution is 6.24. The van der Waals surface area contributed by atoms with Crippen molar-refractivity contribution in [1.29, 1.82) is 0 Å². The van der Waals surface area contributed by atoms with Gasteiger partial charge in [0, 0.05) is 6.42 Å². The Bertz CT molecular complexity index is 1010. The monoisotopic (exact) mass is 446 g/mol. The topological polar surface area (TPSA) is 160 Å². The number of hydrogen-bond acceptors (Lipinski definition) is 8. The number of fused-ring (bicyclic) bond motifs is 1. The van der Waals surface area contributed by atoms with Gasteiger partial charge in [-0.1, -0.05) is 6.07 Å². The second-order valence-corrected chi connectivity index (χ2v) is 8.09. The maximum Gasteiger partial charge on any atom is 0.426 e. The fourth-order valence-electron chi connectivity index (χ4n) is 3.21. The highest BCUT2D eigenvalue weighted by atomic mass is 16.6. The van der Waals surface area contributed by atoms with E-state index in [0.29, 0.717) is 0 Å². The van der Waals surface area contributed by atoms with Gasteiger partial charge in [-0.15, -0.1) is 0 Å². The molecule has 1 atom stereocenters. The summed E-state index contributed by atoms with van der Waals surface area (Å²) in [6, 6.07) is 3.14. The SMILES string of the molecule is CC(C)(C)OC(=O)NNC(=O)COc1cccc2c1C(=O)N(C1CCC(=O)NC1=O)C2=O. The van der Waals surface area contributed by atoms with Crippen molar-refractivity contribution in [3.63, 3.8) is 0 Å². The van der Waals surface area contributed by atoms with Gasteiger partial charge in [-0.25, -0.2) is 10.2 Å². The van der Waals surface area contributed by atoms with Crippen molar-refractivity contribution in [2.75, 3.05) is 6.61 Å². The van der Waals surface area contributed by atoms with Gasteiger partial charge in [-0.05, 0) is 39.3 Å². The summed E-state index contributed by atoms with van der Waals surface area (Å²) >= 11 is 0. The summed E-state index contributed by atoms with van der Waals surface area (Å²) in [6.45, 7) is 4.39. The number of nitrogens with one attached hydrogen (secondary N) is 3. The van der Waals surface area contributed by atoms with Crippen LogP contribution < -0.4 is 20.9 Å². The molecule has 32 heavy (non-hydrogen) atoms. The summed E-state index contributed by atoms with van der Waals surface area (Å²) in [5.41, 5.74) is 3.34. The molecule has 0 aromatic heterocycles. The van der Waals surface area contributed by atoms with E-state index in [0.717, 1.165) is 4.90 Å². The molecule has 2 heterocycles. The summed E-state index contributed by atoms with van der Waals surface area (Å²) in [5, 5.41) is 2.11. The minimum absolute atomic E-state index is 0.00200. The number of ether oxygens (including phenoxy) is 2. The molecule has 1 aromatic rings. The van der Waals surface area contributed by atoms with Crippen LogP contribution in [0.4, 0.5) is 4.79 Å². The lowest BCUT2D eigenvalue weighted by atomic mass is 10.0. The van der Waals surface area contributed by atoms with Gasteiger partial charge in [-0.3, -0.25) is 39.6 Å². The minimum Gasteiger partial charge on any atom is -0.483 e. The maximum atomic E-state index is 12.9. The number of carbonyl (C=O) groups is 6. The van der Waals surface area contributed by atoms with Crippen molar-refractivity contribution in [1.82, 2.24) is 21.1 Å². The molecule has 2 aliphatic heterocycles. The lowest BCUT2D eigenvalue weighted by Gasteiger charge is -2.27. The van der Waals surface area contributed by atoms with Crippen molar-refractivity contribution in [2.24, 2.45) is 0 Å². The van der Waals surface area contributed by atoms with E-state index < -0.39 is 53.9 Å². The molecule has 0 spiro atoms. The molecule has 0 bridgehead atoms. The molecule has 0 aliphatic carbocycles. The first-order valence-electron chi connectivity index (χ1n) is 9.73. The number of piperidine rings is 1. The third kappa shape index (κ3) is 4.85. The Labute approximate surface area is 182 Å². The number of hydrazine groups is 1. The van der Waals surface area contributed by atoms with E-state index in [2.05, 4.69) is 16.2 Å². The van der Waals surface area contributed by atoms with E-state index >= 15 is 0 Å². The van der Waals surface area contributed by atoms with Crippen molar-refractivity contribution in [3.8, 4) is 5.75 Å². The molecular formula is C20H22N4O8. The number of hydrogen-bond donors (Lipinski definition) is 3. The van der Waals surface area contributed by atoms with E-state index in [4.69, 9.17) is 9.47 Å². The highest BCUT2D eigenvalue weighted by Crippen LogP contribution is 2.33. The van der Waals surface area contributed by atoms with Gasteiger partial charge < -0.3 is 9.47 Å². The van der Waals surface area contributed by atoms with Crippen LogP contribution in [0.2, 0.25) is 0 Å². The molecule has 1 aromatic carbocycles. The number of rotatable bonds is 4. The maximum absolute atomic E-state index is 12.9. The van der Waals surface area contributed by atoms with Gasteiger partial charge >= 0.3 is 6.09 Å². The van der Waals surface area contributed by atoms with Crippen LogP contribution in [0.25, 0.3) is 0 Å². The summed E-state index contributed by atoms with van der Waals surface area (Å²) in [6.07, 6.45) is -0.851. The van der Waals surface area contributed by atoms with Crippen molar-refractivity contribution < 1.29 is 38.2 Å². The molecular weight excluding hydrogens is 424 g/mol. The van der Waals surface area contributed by atoms with Gasteiger partial charge in [0.1, 0.15) is 17.4 Å². The molecule has 12 nitrogen and oxygen atoms in total. The van der Waals surface area contributed by atoms with E-state index in [1.54, 1.807) is 20.8 Å². The molecule has 1 unspecified atom stereocenters. The first-order chi connectivity index (χ1) is 15.0. The second kappa shape index (κ2) is 8.65. The van der Waals surface area contributed by atoms with E-state index in [1.807, 2.05) is 0 Å². The third-order valence-corrected chi connectivity index (χ3v) is 4.49. The molecule has 6 amide bonds. The van der Waals surface area contributed by atoms with Crippen LogP contribution in [0.1, 0.15) is 54.3 Å². The molecule has 170 valence electrons. The Morgan fingerprint density at radius 3 is 2.50 bits per heavy atom. The Morgan fingerprint density at radius 1 is 1.12 bits per heavy atom. The normalized spacial score (nSPS) is 18.1. The number of amides is 6. The van der Waals surface area contributed by atoms with Crippen LogP contribution in [-0.2, 0) is 19.1 Å². The van der Waals surface area contributed by atoms with Crippen LogP contribution in [-0.4, -0.2) is 58.8 Å². The molecule has 3 N–H and O–H groups in total. The van der Waals surface area contributed by atoms with E-state index in [-0.39, 0.29) is 29.7 Å². The van der Waals surface area contributed by atoms with Crippen LogP contribution in [0.3, 0.4) is 0 Å². The molecule has 0 saturated carbocycles. The Balaban J connectivity index is 1.66. The van der Waals surface area contributed by atoms with Crippen molar-refractivity contribution >= 4 is 35.6 Å². The first-order valence-corrected chi connectivity index (χ1v) is 9.73. The van der Waals surface area contributed by atoms with Crippen LogP contribution in [0, 0.1) is 0 Å². The lowest BCUT2D eigenvalue weighted by molar-refractivity contribution is -0.136. The number of imide groups is 2. The second-order valence-electron chi connectivity index (χ2n) is 8.09. The third-order valence-electron chi connectivity index (χ3n) is 4.49. The van der Waals surface area contributed by atoms with E-state index in [1.165, 1.54) is 18.2 Å². The standard InChI is InChI=1S/C20H22N4O8/c1-20(2,3)32-19(30)23-22-14(26)9-31-12-6-4-5-10-15(12)18(29)24(17(10)28)11-7-8-13(25)21-16(11)27/h4-6,11H,7-9H2,1-3H3,(H,22,26)(H,23,30)(H,21,25,27). The number of nitrogens with zero attached hydrogens (tertiary/aromatic N) is 1. The molecule has 1 saturated heterocycles. The predicted molar refractivity (Wildman–Crippen MR) is 106 cm³/mol. The predicted octanol–water partition coefficient (Wildman–Crippen LogP) is 0.0225. The summed E-state index contributed by atoms with van der Waals surface area (Å²) in [5.74, 6) is -3.44. The fraction of sp³-hybridized carbons (Fsp3) is 0.400. The average Bonchev–Trinajstić information content (AvgIpc) is 2.95. The van der Waals surface area contributed by atoms with Crippen LogP contribution >= 0.6 is 0 Å². The van der Waals surface area contributed by atoms with Gasteiger partial charge in [0.15, 0.2) is 6.61 Å². The lowest BCUT2D eigenvalue weighted by Crippen LogP contribution is -2.54. The van der Waals surface area contributed by atoms with Crippen molar-refractivity contribution in [2.45, 2.75) is 45.3 Å². The molecule has 3 rings (SSSR count). The van der Waals surface area contributed by atoms with Crippen molar-refractivity contribution in [3.05, 3.63) is 29.3 Å². The molecule has 0 radical (unpaired) electrons. The number of carbonyl (C=O) groups excluding carboxylic acids is 6. The molecule has 1 fully saturated rings. The zero-order valence-corrected chi connectivity index (χ0v) is 17.6. The summed E-state index contributed by atoms with van der Waals surface area (Å²) in [7, 11) is 0. The quantitative estimate of drug-likeness (QED) is 0.431. The first kappa shape index (κ1) is 22.7. The molecule has 2 aliphatic rings. The molecule has 12 heteroatoms. The Kier molecular flexibility index (Phi) is 6.14. The van der Waals surface area contributed by atoms with Crippen LogP contribution in [0.5, 0.6) is 5.75 Å². The average molecular weight is 446 g/mol. The summed E-state index contributed by atoms with van der Waals surface area (Å²) < 4.78 is 10.4. The number of benzene rings is 1. The fourth-order valence-corrected chi connectivity index (χ4v) is 3.21. The van der Waals surface area contributed by atoms with Gasteiger partial charge in [0.25, 0.3) is 17.7 Å². The smallest absolute Gasteiger partial charge is 0.426 e. The zero-order chi connectivity index (χ0) is 23.6. The zero-order valence-electron chi connectivity index (χ0n) is 17.6. The van der Waals surface area contributed by atoms with Gasteiger partial charge in [0.2, 0.25) is 11.8 Å². The van der Waals surface area contributed by atoms with Gasteiger partial charge in [-0.2, -0.15) is 0 Å². The Morgan fingerprint density at radius 2 is 1.84 bits per heavy atom. The van der Waals surface area contributed by atoms with Gasteiger partial charge in [0.05, 0.1) is 11.1 Å². The van der Waals surface area contributed by atoms with E-state index in [9.17, 15) is 28.8 Å². The Hall–Kier alpha value is -3.96.